The zero-order valence-electron chi connectivity index (χ0n) is 16.8. The molecule has 5 rings (SSSR count). The number of rotatable bonds is 2. The molecule has 4 heteroatoms. The Labute approximate surface area is 176 Å². The smallest absolute Gasteiger partial charge is 0.0928 e. The van der Waals surface area contributed by atoms with Gasteiger partial charge in [0.25, 0.3) is 0 Å². The van der Waals surface area contributed by atoms with Crippen LogP contribution in [-0.4, -0.2) is 28.1 Å². The Balaban J connectivity index is 1.45. The van der Waals surface area contributed by atoms with Gasteiger partial charge in [-0.3, -0.25) is 9.88 Å². The van der Waals surface area contributed by atoms with Crippen LogP contribution in [0.5, 0.6) is 0 Å². The average molecular weight is 403 g/mol. The normalized spacial score (nSPS) is 19.6. The van der Waals surface area contributed by atoms with E-state index in [1.54, 1.807) is 11.3 Å². The number of aromatic nitrogens is 1. The minimum absolute atomic E-state index is 0.406. The van der Waals surface area contributed by atoms with E-state index in [0.29, 0.717) is 6.42 Å². The third-order valence-electron chi connectivity index (χ3n) is 6.14. The van der Waals surface area contributed by atoms with Gasteiger partial charge in [-0.1, -0.05) is 35.9 Å². The van der Waals surface area contributed by atoms with Crippen molar-refractivity contribution in [3.8, 4) is 0 Å². The molecule has 1 aliphatic carbocycles. The van der Waals surface area contributed by atoms with E-state index in [-0.39, 0.29) is 0 Å². The summed E-state index contributed by atoms with van der Waals surface area (Å²) < 4.78 is 0. The Morgan fingerprint density at radius 1 is 1.07 bits per heavy atom. The number of hydrogen-bond acceptors (Lipinski definition) is 4. The predicted octanol–water partition coefficient (Wildman–Crippen LogP) is 5.14. The first-order chi connectivity index (χ1) is 14.2. The Morgan fingerprint density at radius 3 is 2.69 bits per heavy atom. The molecule has 1 N–H and O–H groups in total. The lowest BCUT2D eigenvalue weighted by atomic mass is 9.87. The molecule has 0 radical (unpaired) electrons. The highest BCUT2D eigenvalue weighted by Crippen LogP contribution is 2.43. The molecule has 29 heavy (non-hydrogen) atoms. The van der Waals surface area contributed by atoms with Crippen LogP contribution in [0, 0.1) is 6.92 Å². The van der Waals surface area contributed by atoms with Crippen molar-refractivity contribution in [1.29, 1.82) is 0 Å². The van der Waals surface area contributed by atoms with Crippen molar-refractivity contribution in [1.82, 2.24) is 9.88 Å². The van der Waals surface area contributed by atoms with Gasteiger partial charge in [0.05, 0.1) is 11.8 Å². The molecule has 1 saturated heterocycles. The van der Waals surface area contributed by atoms with Gasteiger partial charge in [-0.2, -0.15) is 0 Å². The number of nitrogens with zero attached hydrogens (tertiary/aromatic N) is 2. The van der Waals surface area contributed by atoms with Gasteiger partial charge >= 0.3 is 0 Å². The highest BCUT2D eigenvalue weighted by molar-refractivity contribution is 7.10. The van der Waals surface area contributed by atoms with Crippen molar-refractivity contribution in [3.05, 3.63) is 92.4 Å². The summed E-state index contributed by atoms with van der Waals surface area (Å²) in [7, 11) is 0. The van der Waals surface area contributed by atoms with Gasteiger partial charge in [0, 0.05) is 37.1 Å². The first kappa shape index (κ1) is 18.7. The number of benzene rings is 1. The minimum atomic E-state index is -0.406. The van der Waals surface area contributed by atoms with Gasteiger partial charge in [0.2, 0.25) is 0 Å². The maximum absolute atomic E-state index is 10.8. The van der Waals surface area contributed by atoms with E-state index in [0.717, 1.165) is 43.0 Å². The van der Waals surface area contributed by atoms with Crippen LogP contribution in [0.25, 0.3) is 5.57 Å². The molecule has 3 heterocycles. The summed E-state index contributed by atoms with van der Waals surface area (Å²) in [4.78, 5) is 8.20. The highest BCUT2D eigenvalue weighted by atomic mass is 32.1. The second-order valence-corrected chi connectivity index (χ2v) is 9.10. The first-order valence-electron chi connectivity index (χ1n) is 10.4. The Bertz CT molecular complexity index is 1040. The van der Waals surface area contributed by atoms with E-state index in [1.807, 2.05) is 6.20 Å². The van der Waals surface area contributed by atoms with E-state index >= 15 is 0 Å². The van der Waals surface area contributed by atoms with Crippen LogP contribution in [0.2, 0.25) is 0 Å². The fourth-order valence-electron chi connectivity index (χ4n) is 4.61. The van der Waals surface area contributed by atoms with Crippen molar-refractivity contribution >= 4 is 16.9 Å². The second kappa shape index (κ2) is 7.86. The van der Waals surface area contributed by atoms with Gasteiger partial charge in [-0.25, -0.2) is 0 Å². The molecule has 0 amide bonds. The number of aliphatic hydroxyl groups excluding tert-OH is 1. The van der Waals surface area contributed by atoms with Gasteiger partial charge in [0.15, 0.2) is 0 Å². The third kappa shape index (κ3) is 3.68. The number of fused-ring (bicyclic) bond motifs is 2. The summed E-state index contributed by atoms with van der Waals surface area (Å²) in [6.45, 7) is 5.11. The second-order valence-electron chi connectivity index (χ2n) is 8.16. The van der Waals surface area contributed by atoms with Crippen LogP contribution in [0.4, 0.5) is 0 Å². The van der Waals surface area contributed by atoms with Crippen molar-refractivity contribution in [2.75, 3.05) is 13.1 Å². The zero-order chi connectivity index (χ0) is 19.8. The van der Waals surface area contributed by atoms with Crippen LogP contribution >= 0.6 is 11.3 Å². The highest BCUT2D eigenvalue weighted by Gasteiger charge is 2.28. The largest absolute Gasteiger partial charge is 0.387 e. The molecule has 1 unspecified atom stereocenters. The summed E-state index contributed by atoms with van der Waals surface area (Å²) in [6.07, 6.45) is 4.39. The molecule has 2 aliphatic rings. The van der Waals surface area contributed by atoms with E-state index in [2.05, 4.69) is 64.7 Å². The molecule has 0 spiro atoms. The molecule has 148 valence electrons. The number of likely N-dealkylation sites (tertiary alicyclic amines) is 1. The lowest BCUT2D eigenvalue weighted by Crippen LogP contribution is -2.31. The molecule has 0 saturated carbocycles. The van der Waals surface area contributed by atoms with Crippen molar-refractivity contribution < 1.29 is 5.11 Å². The SMILES string of the molecule is Cc1ccc(CN2CCC(=C3c4ccccc4CC(O)c4sccc43)CC2)nc1. The topological polar surface area (TPSA) is 36.4 Å². The fraction of sp³-hybridized carbons (Fsp3) is 0.320. The molecule has 1 aromatic carbocycles. The van der Waals surface area contributed by atoms with Crippen molar-refractivity contribution in [2.45, 2.75) is 38.8 Å². The first-order valence-corrected chi connectivity index (χ1v) is 11.3. The van der Waals surface area contributed by atoms with Crippen LogP contribution in [-0.2, 0) is 13.0 Å². The van der Waals surface area contributed by atoms with E-state index in [9.17, 15) is 5.11 Å². The van der Waals surface area contributed by atoms with Crippen molar-refractivity contribution in [2.24, 2.45) is 0 Å². The number of aliphatic hydroxyl groups is 1. The lowest BCUT2D eigenvalue weighted by molar-refractivity contribution is 0.182. The van der Waals surface area contributed by atoms with E-state index < -0.39 is 6.10 Å². The average Bonchev–Trinajstić information content (AvgIpc) is 3.18. The summed E-state index contributed by atoms with van der Waals surface area (Å²) in [5.74, 6) is 0. The Hall–Kier alpha value is -2.27. The van der Waals surface area contributed by atoms with E-state index in [4.69, 9.17) is 0 Å². The molecular weight excluding hydrogens is 376 g/mol. The van der Waals surface area contributed by atoms with Gasteiger partial charge in [-0.05, 0) is 65.1 Å². The molecular formula is C25H26N2OS. The van der Waals surface area contributed by atoms with Crippen LogP contribution in [0.3, 0.4) is 0 Å². The van der Waals surface area contributed by atoms with Gasteiger partial charge < -0.3 is 5.11 Å². The number of aryl methyl sites for hydroxylation is 1. The number of thiophene rings is 1. The molecule has 1 atom stereocenters. The molecule has 3 nitrogen and oxygen atoms in total. The summed E-state index contributed by atoms with van der Waals surface area (Å²) in [6, 6.07) is 15.1. The lowest BCUT2D eigenvalue weighted by Gasteiger charge is -2.30. The van der Waals surface area contributed by atoms with Crippen LogP contribution in [0.1, 0.15) is 51.8 Å². The number of piperidine rings is 1. The van der Waals surface area contributed by atoms with Crippen LogP contribution < -0.4 is 0 Å². The van der Waals surface area contributed by atoms with E-state index in [1.165, 1.54) is 33.4 Å². The van der Waals surface area contributed by atoms with Gasteiger partial charge in [0.1, 0.15) is 0 Å². The van der Waals surface area contributed by atoms with Gasteiger partial charge in [-0.15, -0.1) is 11.3 Å². The Morgan fingerprint density at radius 2 is 1.90 bits per heavy atom. The Kier molecular flexibility index (Phi) is 5.08. The maximum Gasteiger partial charge on any atom is 0.0928 e. The molecule has 1 aliphatic heterocycles. The number of pyridine rings is 1. The minimum Gasteiger partial charge on any atom is -0.387 e. The number of hydrogen-bond donors (Lipinski definition) is 1. The quantitative estimate of drug-likeness (QED) is 0.645. The monoisotopic (exact) mass is 402 g/mol. The summed E-state index contributed by atoms with van der Waals surface area (Å²) in [5.41, 5.74) is 9.08. The molecule has 1 fully saturated rings. The third-order valence-corrected chi connectivity index (χ3v) is 7.16. The summed E-state index contributed by atoms with van der Waals surface area (Å²) >= 11 is 1.69. The fourth-order valence-corrected chi connectivity index (χ4v) is 5.50. The standard InChI is InChI=1S/C25H26N2OS/c1-17-6-7-20(26-15-17)16-27-11-8-18(9-12-27)24-21-5-3-2-4-19(21)14-23(28)25-22(24)10-13-29-25/h2-7,10,13,15,23,28H,8-9,11-12,14,16H2,1H3. The summed E-state index contributed by atoms with van der Waals surface area (Å²) in [5, 5.41) is 12.9. The maximum atomic E-state index is 10.8. The molecule has 0 bridgehead atoms. The molecule has 2 aromatic heterocycles. The zero-order valence-corrected chi connectivity index (χ0v) is 17.6. The van der Waals surface area contributed by atoms with Crippen LogP contribution in [0.15, 0.2) is 59.6 Å². The predicted molar refractivity (Wildman–Crippen MR) is 119 cm³/mol. The molecule has 3 aromatic rings. The van der Waals surface area contributed by atoms with Crippen molar-refractivity contribution in [3.63, 3.8) is 0 Å².